The van der Waals surface area contributed by atoms with Gasteiger partial charge in [-0.2, -0.15) is 0 Å². The molecule has 21 heavy (non-hydrogen) atoms. The van der Waals surface area contributed by atoms with Gasteiger partial charge in [0.15, 0.2) is 11.5 Å². The van der Waals surface area contributed by atoms with E-state index in [0.717, 1.165) is 18.0 Å². The average Bonchev–Trinajstić information content (AvgIpc) is 2.71. The number of hydrogen-bond acceptors (Lipinski definition) is 5. The topological polar surface area (TPSA) is 64.4 Å². The van der Waals surface area contributed by atoms with E-state index >= 15 is 0 Å². The molecular weight excluding hydrogens is 284 g/mol. The number of unbranched alkanes of at least 4 members (excludes halogenated alkanes) is 2. The molecule has 1 rings (SSSR count). The zero-order valence-electron chi connectivity index (χ0n) is 13.8. The fourth-order valence-electron chi connectivity index (χ4n) is 1.92. The number of carbonyl (C=O) groups excluding carboxylic acids is 1. The van der Waals surface area contributed by atoms with E-state index < -0.39 is 0 Å². The van der Waals surface area contributed by atoms with E-state index in [0.29, 0.717) is 16.3 Å². The van der Waals surface area contributed by atoms with E-state index in [4.69, 9.17) is 10.5 Å². The van der Waals surface area contributed by atoms with Gasteiger partial charge in [-0.25, -0.2) is 0 Å². The summed E-state index contributed by atoms with van der Waals surface area (Å²) >= 11 is 1.41. The molecule has 0 radical (unpaired) electrons. The van der Waals surface area contributed by atoms with Crippen LogP contribution >= 0.6 is 11.3 Å². The lowest BCUT2D eigenvalue weighted by atomic mass is 10.1. The maximum atomic E-state index is 12.2. The fraction of sp³-hybridized carbons (Fsp3) is 0.688. The molecular formula is C16H28N2O2S. The molecule has 0 fully saturated rings. The standard InChI is InChI=1S/C16H28N2O2S/c1-6-7-8-9-18-16-14(20-11(4)5)12(17)15(21-16)13(19)10(2)3/h10-11,18H,6-9,17H2,1-5H3. The number of rotatable bonds is 9. The summed E-state index contributed by atoms with van der Waals surface area (Å²) in [6.45, 7) is 10.7. The molecule has 4 nitrogen and oxygen atoms in total. The highest BCUT2D eigenvalue weighted by Gasteiger charge is 2.24. The van der Waals surface area contributed by atoms with Crippen LogP contribution in [-0.2, 0) is 0 Å². The Balaban J connectivity index is 2.97. The van der Waals surface area contributed by atoms with Crippen LogP contribution in [0.1, 0.15) is 63.6 Å². The highest BCUT2D eigenvalue weighted by Crippen LogP contribution is 2.44. The molecule has 0 unspecified atom stereocenters. The van der Waals surface area contributed by atoms with Crippen LogP contribution in [0.25, 0.3) is 0 Å². The third-order valence-electron chi connectivity index (χ3n) is 3.07. The van der Waals surface area contributed by atoms with Crippen molar-refractivity contribution in [2.75, 3.05) is 17.6 Å². The zero-order valence-corrected chi connectivity index (χ0v) is 14.6. The van der Waals surface area contributed by atoms with Crippen molar-refractivity contribution in [2.24, 2.45) is 5.92 Å². The van der Waals surface area contributed by atoms with Gasteiger partial charge in [0.25, 0.3) is 0 Å². The van der Waals surface area contributed by atoms with E-state index in [2.05, 4.69) is 12.2 Å². The Morgan fingerprint density at radius 1 is 1.29 bits per heavy atom. The van der Waals surface area contributed by atoms with Gasteiger partial charge in [-0.1, -0.05) is 33.6 Å². The van der Waals surface area contributed by atoms with Gasteiger partial charge >= 0.3 is 0 Å². The lowest BCUT2D eigenvalue weighted by Gasteiger charge is -2.12. The monoisotopic (exact) mass is 312 g/mol. The van der Waals surface area contributed by atoms with Gasteiger partial charge in [-0.15, -0.1) is 11.3 Å². The summed E-state index contributed by atoms with van der Waals surface area (Å²) < 4.78 is 5.81. The molecule has 120 valence electrons. The Labute approximate surface area is 132 Å². The molecule has 3 N–H and O–H groups in total. The molecule has 0 bridgehead atoms. The maximum absolute atomic E-state index is 12.2. The normalized spacial score (nSPS) is 11.2. The minimum absolute atomic E-state index is 0.0279. The first-order chi connectivity index (χ1) is 9.88. The van der Waals surface area contributed by atoms with Crippen molar-refractivity contribution in [1.29, 1.82) is 0 Å². The first-order valence-electron chi connectivity index (χ1n) is 7.75. The number of nitrogens with two attached hydrogens (primary N) is 1. The predicted molar refractivity (Wildman–Crippen MR) is 91.7 cm³/mol. The molecule has 1 aromatic rings. The van der Waals surface area contributed by atoms with E-state index in [1.807, 2.05) is 27.7 Å². The lowest BCUT2D eigenvalue weighted by Crippen LogP contribution is -2.10. The second-order valence-electron chi connectivity index (χ2n) is 5.82. The molecule has 0 saturated carbocycles. The van der Waals surface area contributed by atoms with E-state index in [1.165, 1.54) is 24.2 Å². The van der Waals surface area contributed by atoms with Crippen LogP contribution in [-0.4, -0.2) is 18.4 Å². The number of ether oxygens (including phenoxy) is 1. The Bertz CT molecular complexity index is 467. The summed E-state index contributed by atoms with van der Waals surface area (Å²) in [6.07, 6.45) is 3.50. The smallest absolute Gasteiger partial charge is 0.177 e. The van der Waals surface area contributed by atoms with Crippen LogP contribution in [0.5, 0.6) is 5.75 Å². The Kier molecular flexibility index (Phi) is 7.02. The Hall–Kier alpha value is -1.23. The number of nitrogens with one attached hydrogen (secondary N) is 1. The molecule has 0 aromatic carbocycles. The van der Waals surface area contributed by atoms with Crippen LogP contribution in [0.2, 0.25) is 0 Å². The van der Waals surface area contributed by atoms with E-state index in [1.54, 1.807) is 0 Å². The van der Waals surface area contributed by atoms with Gasteiger partial charge in [0, 0.05) is 12.5 Å². The number of nitrogen functional groups attached to an aromatic ring is 1. The molecule has 5 heteroatoms. The van der Waals surface area contributed by atoms with Crippen LogP contribution < -0.4 is 15.8 Å². The highest BCUT2D eigenvalue weighted by molar-refractivity contribution is 7.19. The molecule has 1 heterocycles. The van der Waals surface area contributed by atoms with Gasteiger partial charge in [0.05, 0.1) is 16.7 Å². The quantitative estimate of drug-likeness (QED) is 0.518. The van der Waals surface area contributed by atoms with Crippen LogP contribution in [0.15, 0.2) is 0 Å². The van der Waals surface area contributed by atoms with Gasteiger partial charge in [0.2, 0.25) is 0 Å². The summed E-state index contributed by atoms with van der Waals surface area (Å²) in [4.78, 5) is 12.8. The largest absolute Gasteiger partial charge is 0.486 e. The van der Waals surface area contributed by atoms with Crippen molar-refractivity contribution in [1.82, 2.24) is 0 Å². The Morgan fingerprint density at radius 2 is 1.95 bits per heavy atom. The minimum atomic E-state index is -0.0641. The minimum Gasteiger partial charge on any atom is -0.486 e. The number of carbonyl (C=O) groups is 1. The first-order valence-corrected chi connectivity index (χ1v) is 8.57. The van der Waals surface area contributed by atoms with Crippen LogP contribution in [0, 0.1) is 5.92 Å². The summed E-state index contributed by atoms with van der Waals surface area (Å²) in [7, 11) is 0. The maximum Gasteiger partial charge on any atom is 0.177 e. The van der Waals surface area contributed by atoms with Gasteiger partial charge < -0.3 is 15.8 Å². The second kappa shape index (κ2) is 8.27. The highest BCUT2D eigenvalue weighted by atomic mass is 32.1. The van der Waals surface area contributed by atoms with Crippen molar-refractivity contribution >= 4 is 27.8 Å². The molecule has 0 amide bonds. The summed E-state index contributed by atoms with van der Waals surface area (Å²) in [5.41, 5.74) is 6.62. The lowest BCUT2D eigenvalue weighted by molar-refractivity contribution is 0.0944. The number of Topliss-reactive ketones (excluding diaryl/α,β-unsaturated/α-hetero) is 1. The van der Waals surface area contributed by atoms with Crippen molar-refractivity contribution in [2.45, 2.75) is 60.0 Å². The summed E-state index contributed by atoms with van der Waals surface area (Å²) in [5.74, 6) is 0.647. The molecule has 0 aliphatic heterocycles. The van der Waals surface area contributed by atoms with Gasteiger partial charge in [-0.3, -0.25) is 4.79 Å². The van der Waals surface area contributed by atoms with Crippen molar-refractivity contribution < 1.29 is 9.53 Å². The van der Waals surface area contributed by atoms with Crippen molar-refractivity contribution in [3.8, 4) is 5.75 Å². The van der Waals surface area contributed by atoms with Crippen LogP contribution in [0.4, 0.5) is 10.7 Å². The van der Waals surface area contributed by atoms with E-state index in [-0.39, 0.29) is 17.8 Å². The summed E-state index contributed by atoms with van der Waals surface area (Å²) in [6, 6.07) is 0. The zero-order chi connectivity index (χ0) is 16.0. The van der Waals surface area contributed by atoms with Crippen molar-refractivity contribution in [3.63, 3.8) is 0 Å². The second-order valence-corrected chi connectivity index (χ2v) is 6.84. The number of thiophene rings is 1. The van der Waals surface area contributed by atoms with Gasteiger partial charge in [-0.05, 0) is 20.3 Å². The number of anilines is 2. The SMILES string of the molecule is CCCCCNc1sc(C(=O)C(C)C)c(N)c1OC(C)C. The molecule has 0 saturated heterocycles. The molecule has 1 aromatic heterocycles. The van der Waals surface area contributed by atoms with E-state index in [9.17, 15) is 4.79 Å². The Morgan fingerprint density at radius 3 is 2.48 bits per heavy atom. The average molecular weight is 312 g/mol. The molecule has 0 aliphatic rings. The molecule has 0 atom stereocenters. The molecule has 0 aliphatic carbocycles. The third-order valence-corrected chi connectivity index (χ3v) is 4.23. The summed E-state index contributed by atoms with van der Waals surface area (Å²) in [5, 5.41) is 4.25. The molecule has 0 spiro atoms. The third kappa shape index (κ3) is 4.92. The van der Waals surface area contributed by atoms with Gasteiger partial charge in [0.1, 0.15) is 5.00 Å². The first kappa shape index (κ1) is 17.8. The van der Waals surface area contributed by atoms with Crippen LogP contribution in [0.3, 0.4) is 0 Å². The van der Waals surface area contributed by atoms with Crippen molar-refractivity contribution in [3.05, 3.63) is 4.88 Å². The number of ketones is 1. The number of hydrogen-bond donors (Lipinski definition) is 2. The fourth-order valence-corrected chi connectivity index (χ4v) is 3.09. The predicted octanol–water partition coefficient (Wildman–Crippen LogP) is 4.56.